The Labute approximate surface area is 135 Å². The molecule has 0 saturated carbocycles. The van der Waals surface area contributed by atoms with E-state index in [2.05, 4.69) is 37.8 Å². The van der Waals surface area contributed by atoms with Crippen molar-refractivity contribution in [2.45, 2.75) is 46.1 Å². The monoisotopic (exact) mass is 305 g/mol. The Morgan fingerprint density at radius 1 is 1.18 bits per heavy atom. The minimum absolute atomic E-state index is 0.367. The van der Waals surface area contributed by atoms with Gasteiger partial charge in [-0.25, -0.2) is 0 Å². The van der Waals surface area contributed by atoms with E-state index in [4.69, 9.17) is 4.74 Å². The lowest BCUT2D eigenvalue weighted by molar-refractivity contribution is 0.0429. The summed E-state index contributed by atoms with van der Waals surface area (Å²) in [6.07, 6.45) is 3.14. The highest BCUT2D eigenvalue weighted by Crippen LogP contribution is 2.21. The van der Waals surface area contributed by atoms with E-state index in [1.807, 2.05) is 12.1 Å². The van der Waals surface area contributed by atoms with Crippen molar-refractivity contribution in [3.63, 3.8) is 0 Å². The summed E-state index contributed by atoms with van der Waals surface area (Å²) in [7, 11) is 0. The van der Waals surface area contributed by atoms with E-state index in [0.29, 0.717) is 13.2 Å². The smallest absolute Gasteiger partial charge is 0.119 e. The largest absolute Gasteiger partial charge is 0.491 e. The molecule has 1 heterocycles. The number of aryl methyl sites for hydroxylation is 1. The van der Waals surface area contributed by atoms with Crippen molar-refractivity contribution in [2.75, 3.05) is 26.2 Å². The highest BCUT2D eigenvalue weighted by molar-refractivity contribution is 5.27. The van der Waals surface area contributed by atoms with Gasteiger partial charge in [0.1, 0.15) is 18.5 Å². The molecule has 1 fully saturated rings. The van der Waals surface area contributed by atoms with Gasteiger partial charge in [-0.15, -0.1) is 0 Å². The number of likely N-dealkylation sites (tertiary alicyclic amines) is 1. The summed E-state index contributed by atoms with van der Waals surface area (Å²) in [6, 6.07) is 8.23. The molecule has 3 atom stereocenters. The first kappa shape index (κ1) is 17.3. The van der Waals surface area contributed by atoms with Crippen LogP contribution in [0.2, 0.25) is 0 Å². The molecule has 1 aromatic rings. The van der Waals surface area contributed by atoms with Gasteiger partial charge in [-0.1, -0.05) is 39.3 Å². The van der Waals surface area contributed by atoms with Crippen molar-refractivity contribution in [3.05, 3.63) is 29.8 Å². The number of β-amino-alcohol motifs (C(OH)–C–C–N with tert-alkyl or cyclic N) is 1. The van der Waals surface area contributed by atoms with E-state index < -0.39 is 6.10 Å². The quantitative estimate of drug-likeness (QED) is 0.838. The van der Waals surface area contributed by atoms with Crippen LogP contribution in [0.1, 0.15) is 39.2 Å². The summed E-state index contributed by atoms with van der Waals surface area (Å²) >= 11 is 0. The van der Waals surface area contributed by atoms with Crippen LogP contribution in [-0.4, -0.2) is 42.4 Å². The number of benzene rings is 1. The maximum absolute atomic E-state index is 10.2. The zero-order chi connectivity index (χ0) is 15.9. The van der Waals surface area contributed by atoms with Crippen LogP contribution in [0.4, 0.5) is 0 Å². The van der Waals surface area contributed by atoms with Gasteiger partial charge in [0.25, 0.3) is 0 Å². The Kier molecular flexibility index (Phi) is 6.71. The first-order valence-corrected chi connectivity index (χ1v) is 8.69. The lowest BCUT2D eigenvalue weighted by Gasteiger charge is -2.35. The molecule has 1 aliphatic rings. The molecule has 3 nitrogen and oxygen atoms in total. The van der Waals surface area contributed by atoms with Crippen molar-refractivity contribution in [1.29, 1.82) is 0 Å². The first-order chi connectivity index (χ1) is 10.6. The third-order valence-electron chi connectivity index (χ3n) is 4.32. The summed E-state index contributed by atoms with van der Waals surface area (Å²) in [4.78, 5) is 2.37. The van der Waals surface area contributed by atoms with Crippen LogP contribution >= 0.6 is 0 Å². The van der Waals surface area contributed by atoms with Gasteiger partial charge in [0.2, 0.25) is 0 Å². The normalized spacial score (nSPS) is 24.2. The average molecular weight is 305 g/mol. The number of piperidine rings is 1. The van der Waals surface area contributed by atoms with E-state index in [1.165, 1.54) is 12.0 Å². The molecule has 0 bridgehead atoms. The lowest BCUT2D eigenvalue weighted by atomic mass is 9.92. The van der Waals surface area contributed by atoms with Crippen molar-refractivity contribution in [3.8, 4) is 5.75 Å². The summed E-state index contributed by atoms with van der Waals surface area (Å²) in [5.74, 6) is 2.30. The molecule has 3 heteroatoms. The molecule has 22 heavy (non-hydrogen) atoms. The molecule has 0 aliphatic carbocycles. The molecule has 2 rings (SSSR count). The van der Waals surface area contributed by atoms with Gasteiger partial charge in [0.15, 0.2) is 0 Å². The van der Waals surface area contributed by atoms with Gasteiger partial charge in [-0.2, -0.15) is 0 Å². The maximum atomic E-state index is 10.2. The van der Waals surface area contributed by atoms with Crippen LogP contribution in [-0.2, 0) is 6.42 Å². The van der Waals surface area contributed by atoms with Crippen LogP contribution in [0.3, 0.4) is 0 Å². The second-order valence-corrected chi connectivity index (χ2v) is 7.02. The van der Waals surface area contributed by atoms with Crippen molar-refractivity contribution >= 4 is 0 Å². The van der Waals surface area contributed by atoms with Gasteiger partial charge in [-0.05, 0) is 42.4 Å². The predicted octanol–water partition coefficient (Wildman–Crippen LogP) is 3.36. The molecule has 124 valence electrons. The second kappa shape index (κ2) is 8.54. The molecule has 0 amide bonds. The fraction of sp³-hybridized carbons (Fsp3) is 0.684. The van der Waals surface area contributed by atoms with Crippen LogP contribution in [0.15, 0.2) is 24.3 Å². The van der Waals surface area contributed by atoms with Gasteiger partial charge < -0.3 is 14.7 Å². The molecular formula is C19H31NO2. The van der Waals surface area contributed by atoms with E-state index in [1.54, 1.807) is 0 Å². The molecule has 1 N–H and O–H groups in total. The number of hydrogen-bond donors (Lipinski definition) is 1. The predicted molar refractivity (Wildman–Crippen MR) is 91.3 cm³/mol. The molecule has 1 aliphatic heterocycles. The third kappa shape index (κ3) is 5.62. The topological polar surface area (TPSA) is 32.7 Å². The van der Waals surface area contributed by atoms with Gasteiger partial charge >= 0.3 is 0 Å². The zero-order valence-electron chi connectivity index (χ0n) is 14.3. The second-order valence-electron chi connectivity index (χ2n) is 7.02. The molecule has 0 unspecified atom stereocenters. The van der Waals surface area contributed by atoms with E-state index in [-0.39, 0.29) is 0 Å². The average Bonchev–Trinajstić information content (AvgIpc) is 2.46. The van der Waals surface area contributed by atoms with E-state index in [0.717, 1.165) is 43.5 Å². The van der Waals surface area contributed by atoms with Gasteiger partial charge in [0.05, 0.1) is 0 Å². The highest BCUT2D eigenvalue weighted by Gasteiger charge is 2.23. The highest BCUT2D eigenvalue weighted by atomic mass is 16.5. The number of hydrogen-bond acceptors (Lipinski definition) is 3. The zero-order valence-corrected chi connectivity index (χ0v) is 14.3. The minimum atomic E-state index is -0.423. The fourth-order valence-corrected chi connectivity index (χ4v) is 3.53. The molecule has 0 radical (unpaired) electrons. The van der Waals surface area contributed by atoms with Crippen LogP contribution in [0, 0.1) is 11.8 Å². The summed E-state index contributed by atoms with van der Waals surface area (Å²) in [5.41, 5.74) is 1.34. The van der Waals surface area contributed by atoms with Crippen molar-refractivity contribution < 1.29 is 9.84 Å². The maximum Gasteiger partial charge on any atom is 0.119 e. The number of nitrogens with zero attached hydrogens (tertiary/aromatic N) is 1. The van der Waals surface area contributed by atoms with Crippen LogP contribution in [0.5, 0.6) is 5.75 Å². The Morgan fingerprint density at radius 2 is 1.82 bits per heavy atom. The Bertz CT molecular complexity index is 422. The minimum Gasteiger partial charge on any atom is -0.491 e. The van der Waals surface area contributed by atoms with Gasteiger partial charge in [0, 0.05) is 19.6 Å². The lowest BCUT2D eigenvalue weighted by Crippen LogP contribution is -2.43. The van der Waals surface area contributed by atoms with Crippen LogP contribution < -0.4 is 4.74 Å². The molecule has 0 aromatic heterocycles. The van der Waals surface area contributed by atoms with Crippen molar-refractivity contribution in [1.82, 2.24) is 4.90 Å². The summed E-state index contributed by atoms with van der Waals surface area (Å²) in [6.45, 7) is 10.0. The Balaban J connectivity index is 1.73. The number of aliphatic hydroxyl groups is 1. The number of aliphatic hydroxyl groups excluding tert-OH is 1. The summed E-state index contributed by atoms with van der Waals surface area (Å²) < 4.78 is 5.72. The third-order valence-corrected chi connectivity index (χ3v) is 4.32. The Morgan fingerprint density at radius 3 is 2.41 bits per heavy atom. The molecule has 1 aromatic carbocycles. The van der Waals surface area contributed by atoms with E-state index in [9.17, 15) is 5.11 Å². The van der Waals surface area contributed by atoms with Crippen LogP contribution in [0.25, 0.3) is 0 Å². The van der Waals surface area contributed by atoms with Crippen molar-refractivity contribution in [2.24, 2.45) is 11.8 Å². The van der Waals surface area contributed by atoms with Gasteiger partial charge in [-0.3, -0.25) is 0 Å². The summed E-state index contributed by atoms with van der Waals surface area (Å²) in [5, 5.41) is 10.2. The number of rotatable bonds is 7. The first-order valence-electron chi connectivity index (χ1n) is 8.69. The standard InChI is InChI=1S/C19H31NO2/c1-4-5-17-6-8-19(9-7-17)22-14-18(21)13-20-11-15(2)10-16(3)12-20/h6-9,15-16,18,21H,4-5,10-14H2,1-3H3/t15-,16+,18-/m0/s1. The molecular weight excluding hydrogens is 274 g/mol. The van der Waals surface area contributed by atoms with E-state index >= 15 is 0 Å². The molecule has 1 saturated heterocycles. The Hall–Kier alpha value is -1.06. The fourth-order valence-electron chi connectivity index (χ4n) is 3.53. The SMILES string of the molecule is CCCc1ccc(OC[C@@H](O)CN2C[C@H](C)C[C@H](C)C2)cc1. The molecule has 0 spiro atoms. The number of ether oxygens (including phenoxy) is 1.